The molecule has 0 aromatic heterocycles. The van der Waals surface area contributed by atoms with E-state index in [1.807, 2.05) is 13.8 Å². The predicted molar refractivity (Wildman–Crippen MR) is 130 cm³/mol. The summed E-state index contributed by atoms with van der Waals surface area (Å²) in [5.74, 6) is -2.59. The number of rotatable bonds is 7. The Hall–Kier alpha value is -2.72. The minimum Gasteiger partial charge on any atom is -0.497 e. The Morgan fingerprint density at radius 3 is 2.32 bits per heavy atom. The lowest BCUT2D eigenvalue weighted by atomic mass is 9.84. The Bertz CT molecular complexity index is 952. The minimum atomic E-state index is -0.811. The number of anilines is 1. The number of methoxy groups -OCH3 is 2. The van der Waals surface area contributed by atoms with E-state index in [4.69, 9.17) is 9.47 Å². The van der Waals surface area contributed by atoms with Gasteiger partial charge in [-0.15, -0.1) is 0 Å². The van der Waals surface area contributed by atoms with Gasteiger partial charge in [-0.05, 0) is 24.3 Å². The van der Waals surface area contributed by atoms with E-state index in [-0.39, 0.29) is 43.3 Å². The average Bonchev–Trinajstić information content (AvgIpc) is 2.81. The molecule has 2 aromatic rings. The second-order valence-electron chi connectivity index (χ2n) is 7.36. The van der Waals surface area contributed by atoms with Gasteiger partial charge in [-0.2, -0.15) is 0 Å². The molecule has 2 N–H and O–H groups in total. The first kappa shape index (κ1) is 27.5. The summed E-state index contributed by atoms with van der Waals surface area (Å²) in [6.07, 6.45) is -0.104. The molecular weight excluding hydrogens is 512 g/mol. The number of halogens is 3. The van der Waals surface area contributed by atoms with E-state index in [0.717, 1.165) is 16.6 Å². The lowest BCUT2D eigenvalue weighted by Crippen LogP contribution is -2.54. The van der Waals surface area contributed by atoms with Gasteiger partial charge in [-0.1, -0.05) is 29.8 Å². The third-order valence-corrected chi connectivity index (χ3v) is 5.82. The van der Waals surface area contributed by atoms with E-state index in [1.54, 1.807) is 24.3 Å². The van der Waals surface area contributed by atoms with Crippen LogP contribution in [0.3, 0.4) is 0 Å². The number of urea groups is 1. The first-order valence-electron chi connectivity index (χ1n) is 10.9. The van der Waals surface area contributed by atoms with E-state index in [9.17, 15) is 18.4 Å². The van der Waals surface area contributed by atoms with Crippen LogP contribution in [0.25, 0.3) is 0 Å². The zero-order chi connectivity index (χ0) is 25.3. The number of likely N-dealkylation sites (tertiary alicyclic amines) is 1. The highest BCUT2D eigenvalue weighted by atomic mass is 79.9. The van der Waals surface area contributed by atoms with Crippen molar-refractivity contribution in [2.24, 2.45) is 0 Å². The van der Waals surface area contributed by atoms with Crippen LogP contribution >= 0.6 is 15.9 Å². The topological polar surface area (TPSA) is 79.9 Å². The van der Waals surface area contributed by atoms with Crippen molar-refractivity contribution in [1.82, 2.24) is 10.2 Å². The maximum absolute atomic E-state index is 14.9. The van der Waals surface area contributed by atoms with Crippen LogP contribution in [0.5, 0.6) is 5.75 Å². The van der Waals surface area contributed by atoms with Gasteiger partial charge in [-0.25, -0.2) is 13.6 Å². The summed E-state index contributed by atoms with van der Waals surface area (Å²) in [5, 5.41) is 5.39. The zero-order valence-corrected chi connectivity index (χ0v) is 21.2. The van der Waals surface area contributed by atoms with Crippen LogP contribution in [-0.2, 0) is 9.53 Å². The van der Waals surface area contributed by atoms with E-state index >= 15 is 0 Å². The van der Waals surface area contributed by atoms with Crippen LogP contribution in [0.15, 0.2) is 40.9 Å². The first-order chi connectivity index (χ1) is 16.3. The van der Waals surface area contributed by atoms with Crippen molar-refractivity contribution in [1.29, 1.82) is 0 Å². The maximum atomic E-state index is 14.9. The number of carbonyl (C=O) groups is 2. The molecule has 34 heavy (non-hydrogen) atoms. The zero-order valence-electron chi connectivity index (χ0n) is 19.7. The number of carbonyl (C=O) groups excluding carboxylic acids is 2. The summed E-state index contributed by atoms with van der Waals surface area (Å²) in [4.78, 5) is 26.7. The second kappa shape index (κ2) is 13.2. The fourth-order valence-corrected chi connectivity index (χ4v) is 3.95. The van der Waals surface area contributed by atoms with Crippen LogP contribution < -0.4 is 15.4 Å². The number of amides is 3. The summed E-state index contributed by atoms with van der Waals surface area (Å²) >= 11 is 3.32. The molecule has 2 unspecified atom stereocenters. The number of hydrogen-bond donors (Lipinski definition) is 2. The molecule has 7 nitrogen and oxygen atoms in total. The fraction of sp³-hybridized carbons (Fsp3) is 0.417. The summed E-state index contributed by atoms with van der Waals surface area (Å²) in [5.41, 5.74) is 0.336. The monoisotopic (exact) mass is 541 g/mol. The molecule has 1 fully saturated rings. The Morgan fingerprint density at radius 1 is 1.15 bits per heavy atom. The molecule has 1 saturated heterocycles. The molecular formula is C24H30BrF2N3O4. The molecule has 1 heterocycles. The summed E-state index contributed by atoms with van der Waals surface area (Å²) in [6.45, 7) is 4.60. The van der Waals surface area contributed by atoms with Gasteiger partial charge in [0.2, 0.25) is 5.91 Å². The molecule has 3 amide bonds. The van der Waals surface area contributed by atoms with Gasteiger partial charge >= 0.3 is 6.03 Å². The molecule has 0 aliphatic carbocycles. The van der Waals surface area contributed by atoms with E-state index in [2.05, 4.69) is 26.6 Å². The van der Waals surface area contributed by atoms with Gasteiger partial charge in [0.1, 0.15) is 17.4 Å². The molecule has 10 heteroatoms. The summed E-state index contributed by atoms with van der Waals surface area (Å²) in [6, 6.07) is 7.71. The van der Waals surface area contributed by atoms with Crippen molar-refractivity contribution in [3.63, 3.8) is 0 Å². The van der Waals surface area contributed by atoms with Crippen LogP contribution in [0.1, 0.15) is 31.7 Å². The Labute approximate surface area is 206 Å². The van der Waals surface area contributed by atoms with Crippen molar-refractivity contribution < 1.29 is 27.8 Å². The molecule has 0 radical (unpaired) electrons. The van der Waals surface area contributed by atoms with Gasteiger partial charge in [0.25, 0.3) is 0 Å². The number of benzene rings is 2. The number of nitrogens with one attached hydrogen (secondary N) is 2. The van der Waals surface area contributed by atoms with Gasteiger partial charge in [-0.3, -0.25) is 4.79 Å². The lowest BCUT2D eigenvalue weighted by molar-refractivity contribution is -0.135. The third-order valence-electron chi connectivity index (χ3n) is 5.29. The molecule has 2 atom stereocenters. The molecule has 1 aliphatic heterocycles. The van der Waals surface area contributed by atoms with Gasteiger partial charge < -0.3 is 25.0 Å². The van der Waals surface area contributed by atoms with Crippen LogP contribution in [0.4, 0.5) is 19.3 Å². The highest BCUT2D eigenvalue weighted by molar-refractivity contribution is 9.10. The highest BCUT2D eigenvalue weighted by Gasteiger charge is 2.38. The summed E-state index contributed by atoms with van der Waals surface area (Å²) < 4.78 is 40.6. The molecule has 3 rings (SSSR count). The van der Waals surface area contributed by atoms with Crippen LogP contribution in [0.2, 0.25) is 0 Å². The Kier molecular flexibility index (Phi) is 10.7. The quantitative estimate of drug-likeness (QED) is 0.521. The number of ether oxygens (including phenoxy) is 2. The molecule has 186 valence electrons. The van der Waals surface area contributed by atoms with E-state index in [1.165, 1.54) is 19.1 Å². The predicted octanol–water partition coefficient (Wildman–Crippen LogP) is 4.91. The van der Waals surface area contributed by atoms with Crippen molar-refractivity contribution in [2.75, 3.05) is 39.2 Å². The molecule has 1 aliphatic rings. The largest absolute Gasteiger partial charge is 0.497 e. The fourth-order valence-electron chi connectivity index (χ4n) is 3.69. The molecule has 2 aromatic carbocycles. The standard InChI is InChI=1S/C22H24BrF2N3O4.C2H6/c1-31-8-7-28-12-16(21-17(24)9-15(32-2)10-18(21)25)19(11-20(28)29)27-22(30)26-14-5-3-13(23)4-6-14;1-2/h3-6,9-10,16,19H,7-8,11-12H2,1-2H3,(H2,26,27,30);1-2H3. The molecule has 0 spiro atoms. The van der Waals surface area contributed by atoms with Crippen molar-refractivity contribution in [3.8, 4) is 5.75 Å². The van der Waals surface area contributed by atoms with Crippen molar-refractivity contribution in [2.45, 2.75) is 32.2 Å². The highest BCUT2D eigenvalue weighted by Crippen LogP contribution is 2.34. The molecule has 0 bridgehead atoms. The SMILES string of the molecule is CC.COCCN1CC(c2c(F)cc(OC)cc2F)C(NC(=O)Nc2ccc(Br)cc2)CC1=O. The van der Waals surface area contributed by atoms with Gasteiger partial charge in [0, 0.05) is 66.4 Å². The lowest BCUT2D eigenvalue weighted by Gasteiger charge is -2.39. The minimum absolute atomic E-state index is 0.0333. The van der Waals surface area contributed by atoms with E-state index in [0.29, 0.717) is 5.69 Å². The molecule has 0 saturated carbocycles. The maximum Gasteiger partial charge on any atom is 0.319 e. The average molecular weight is 542 g/mol. The second-order valence-corrected chi connectivity index (χ2v) is 8.28. The number of hydrogen-bond acceptors (Lipinski definition) is 4. The van der Waals surface area contributed by atoms with Gasteiger partial charge in [0.05, 0.1) is 13.7 Å². The van der Waals surface area contributed by atoms with Crippen molar-refractivity contribution >= 4 is 33.6 Å². The normalized spacial score (nSPS) is 17.5. The van der Waals surface area contributed by atoms with Crippen LogP contribution in [0, 0.1) is 11.6 Å². The van der Waals surface area contributed by atoms with E-state index < -0.39 is 29.6 Å². The number of nitrogens with zero attached hydrogens (tertiary/aromatic N) is 1. The van der Waals surface area contributed by atoms with Crippen LogP contribution in [-0.4, -0.2) is 56.8 Å². The van der Waals surface area contributed by atoms with Crippen molar-refractivity contribution in [3.05, 3.63) is 58.1 Å². The summed E-state index contributed by atoms with van der Waals surface area (Å²) in [7, 11) is 2.82. The number of piperidine rings is 1. The Balaban J connectivity index is 0.00000199. The van der Waals surface area contributed by atoms with Gasteiger partial charge in [0.15, 0.2) is 0 Å². The first-order valence-corrected chi connectivity index (χ1v) is 11.7. The smallest absolute Gasteiger partial charge is 0.319 e. The Morgan fingerprint density at radius 2 is 1.76 bits per heavy atom. The third kappa shape index (κ3) is 7.14.